The first-order chi connectivity index (χ1) is 12.0. The van der Waals surface area contributed by atoms with E-state index in [0.29, 0.717) is 0 Å². The van der Waals surface area contributed by atoms with Gasteiger partial charge in [-0.25, -0.2) is 0 Å². The molecule has 8 nitrogen and oxygen atoms in total. The Labute approximate surface area is 175 Å². The van der Waals surface area contributed by atoms with Crippen molar-refractivity contribution in [3.63, 3.8) is 0 Å². The Morgan fingerprint density at radius 2 is 0.963 bits per heavy atom. The summed E-state index contributed by atoms with van der Waals surface area (Å²) in [7, 11) is 0. The first-order valence-corrected chi connectivity index (χ1v) is 7.82. The van der Waals surface area contributed by atoms with Crippen molar-refractivity contribution in [3.05, 3.63) is 25.3 Å². The molecular formula is C18H28O8Ti. The van der Waals surface area contributed by atoms with Crippen molar-refractivity contribution in [2.24, 2.45) is 11.8 Å². The Kier molecular flexibility index (Phi) is 35.8. The van der Waals surface area contributed by atoms with Gasteiger partial charge in [0, 0.05) is 0 Å². The van der Waals surface area contributed by atoms with Crippen molar-refractivity contribution in [2.75, 3.05) is 13.2 Å². The van der Waals surface area contributed by atoms with E-state index in [1.54, 1.807) is 13.8 Å². The summed E-state index contributed by atoms with van der Waals surface area (Å²) in [6, 6.07) is 0. The third kappa shape index (κ3) is 29.4. The molecule has 0 rings (SSSR count). The predicted octanol–water partition coefficient (Wildman–Crippen LogP) is -2.23. The van der Waals surface area contributed by atoms with E-state index in [0.717, 1.165) is 0 Å². The van der Waals surface area contributed by atoms with E-state index in [1.165, 1.54) is 26.0 Å². The fraction of sp³-hybridized carbons (Fsp3) is 0.556. The molecule has 0 fully saturated rings. The van der Waals surface area contributed by atoms with Crippen molar-refractivity contribution in [3.8, 4) is 0 Å². The van der Waals surface area contributed by atoms with E-state index < -0.39 is 23.8 Å². The van der Waals surface area contributed by atoms with E-state index in [2.05, 4.69) is 13.2 Å². The first kappa shape index (κ1) is 36.3. The van der Waals surface area contributed by atoms with Crippen LogP contribution in [0, 0.1) is 11.8 Å². The molecule has 0 N–H and O–H groups in total. The van der Waals surface area contributed by atoms with Crippen molar-refractivity contribution in [1.29, 1.82) is 0 Å². The standard InChI is InChI=1S/2C7H10O3.2C2H5O.Ti/c2*1-3-4-6(5(2)8)7(9)10;2*1-2-3;/h2*3,6H,1,4H2,2H3,(H,9,10);2*2H2,1H3;/q;;2*-1;+4/p-2. The number of aliphatic carboxylic acids is 2. The Balaban J connectivity index is -0.0000000899. The molecule has 0 aromatic heterocycles. The molecule has 0 saturated carbocycles. The number of Topliss-reactive ketones (excluding diaryl/α,β-unsaturated/α-hetero) is 2. The monoisotopic (exact) mass is 420 g/mol. The molecule has 0 aliphatic rings. The van der Waals surface area contributed by atoms with Gasteiger partial charge in [0.1, 0.15) is 11.6 Å². The fourth-order valence-electron chi connectivity index (χ4n) is 1.19. The smallest absolute Gasteiger partial charge is 0.855 e. The van der Waals surface area contributed by atoms with Gasteiger partial charge in [-0.1, -0.05) is 26.0 Å². The van der Waals surface area contributed by atoms with Crippen LogP contribution in [0.5, 0.6) is 0 Å². The molecular weight excluding hydrogens is 392 g/mol. The second kappa shape index (κ2) is 26.6. The average molecular weight is 420 g/mol. The van der Waals surface area contributed by atoms with Crippen molar-refractivity contribution < 1.29 is 61.3 Å². The number of rotatable bonds is 8. The Morgan fingerprint density at radius 1 is 0.778 bits per heavy atom. The zero-order valence-electron chi connectivity index (χ0n) is 16.3. The molecule has 152 valence electrons. The van der Waals surface area contributed by atoms with Crippen LogP contribution in [0.15, 0.2) is 25.3 Å². The predicted molar refractivity (Wildman–Crippen MR) is 89.1 cm³/mol. The minimum atomic E-state index is -1.33. The number of hydrogen-bond donors (Lipinski definition) is 0. The summed E-state index contributed by atoms with van der Waals surface area (Å²) in [6.45, 7) is 12.2. The third-order valence-corrected chi connectivity index (χ3v) is 2.36. The minimum absolute atomic E-state index is 0. The van der Waals surface area contributed by atoms with Gasteiger partial charge in [0.25, 0.3) is 0 Å². The molecule has 0 aromatic carbocycles. The maximum absolute atomic E-state index is 10.5. The van der Waals surface area contributed by atoms with E-state index in [4.69, 9.17) is 10.2 Å². The maximum Gasteiger partial charge on any atom is 4.00 e. The zero-order chi connectivity index (χ0) is 21.7. The molecule has 2 atom stereocenters. The number of carbonyl (C=O) groups is 4. The summed E-state index contributed by atoms with van der Waals surface area (Å²) >= 11 is 0. The van der Waals surface area contributed by atoms with Gasteiger partial charge in [-0.3, -0.25) is 9.59 Å². The molecule has 0 heterocycles. The largest absolute Gasteiger partial charge is 4.00 e. The molecule has 27 heavy (non-hydrogen) atoms. The number of carboxylic acid groups (broad SMARTS) is 2. The van der Waals surface area contributed by atoms with Gasteiger partial charge in [-0.05, 0) is 26.7 Å². The van der Waals surface area contributed by atoms with Gasteiger partial charge in [0.05, 0.1) is 23.8 Å². The van der Waals surface area contributed by atoms with Crippen LogP contribution in [0.1, 0.15) is 40.5 Å². The summed E-state index contributed by atoms with van der Waals surface area (Å²) in [6.07, 6.45) is 3.08. The van der Waals surface area contributed by atoms with Crippen LogP contribution in [-0.4, -0.2) is 36.7 Å². The molecule has 0 radical (unpaired) electrons. The number of carboxylic acids is 2. The molecule has 0 amide bonds. The van der Waals surface area contributed by atoms with Gasteiger partial charge in [-0.15, -0.1) is 26.4 Å². The average Bonchev–Trinajstić information content (AvgIpc) is 2.51. The number of carbonyl (C=O) groups excluding carboxylic acids is 4. The van der Waals surface area contributed by atoms with Gasteiger partial charge >= 0.3 is 21.7 Å². The molecule has 0 aliphatic carbocycles. The van der Waals surface area contributed by atoms with Crippen LogP contribution >= 0.6 is 0 Å². The van der Waals surface area contributed by atoms with E-state index in [-0.39, 0.29) is 59.3 Å². The summed E-state index contributed by atoms with van der Waals surface area (Å²) in [5.41, 5.74) is 0. The summed E-state index contributed by atoms with van der Waals surface area (Å²) in [4.78, 5) is 41.3. The van der Waals surface area contributed by atoms with Gasteiger partial charge in [0.2, 0.25) is 0 Å². The van der Waals surface area contributed by atoms with E-state index >= 15 is 0 Å². The molecule has 0 aliphatic heterocycles. The molecule has 0 bridgehead atoms. The topological polar surface area (TPSA) is 161 Å². The molecule has 0 spiro atoms. The van der Waals surface area contributed by atoms with Crippen LogP contribution in [0.4, 0.5) is 0 Å². The quantitative estimate of drug-likeness (QED) is 0.242. The second-order valence-electron chi connectivity index (χ2n) is 4.59. The van der Waals surface area contributed by atoms with Crippen LogP contribution in [-0.2, 0) is 40.9 Å². The van der Waals surface area contributed by atoms with Crippen LogP contribution in [0.25, 0.3) is 0 Å². The Bertz CT molecular complexity index is 367. The van der Waals surface area contributed by atoms with Crippen LogP contribution < -0.4 is 20.4 Å². The van der Waals surface area contributed by atoms with Crippen molar-refractivity contribution in [1.82, 2.24) is 0 Å². The van der Waals surface area contributed by atoms with Gasteiger partial charge < -0.3 is 30.0 Å². The second-order valence-corrected chi connectivity index (χ2v) is 4.59. The Morgan fingerprint density at radius 3 is 1.00 bits per heavy atom. The minimum Gasteiger partial charge on any atom is -0.855 e. The zero-order valence-corrected chi connectivity index (χ0v) is 17.9. The molecule has 0 aromatic rings. The van der Waals surface area contributed by atoms with Crippen LogP contribution in [0.3, 0.4) is 0 Å². The number of hydrogen-bond acceptors (Lipinski definition) is 8. The SMILES string of the molecule is C=CCC(C(C)=O)C(=O)[O-].C=CCC(C(C)=O)C(=O)[O-].CC[O-].CC[O-].[Ti+4]. The van der Waals surface area contributed by atoms with Gasteiger partial charge in [0.15, 0.2) is 0 Å². The van der Waals surface area contributed by atoms with Crippen LogP contribution in [0.2, 0.25) is 0 Å². The van der Waals surface area contributed by atoms with E-state index in [9.17, 15) is 29.4 Å². The number of ketones is 2. The molecule has 0 saturated heterocycles. The van der Waals surface area contributed by atoms with E-state index in [1.807, 2.05) is 0 Å². The molecule has 2 unspecified atom stereocenters. The first-order valence-electron chi connectivity index (χ1n) is 7.82. The maximum atomic E-state index is 10.5. The van der Waals surface area contributed by atoms with Crippen molar-refractivity contribution in [2.45, 2.75) is 40.5 Å². The number of allylic oxidation sites excluding steroid dienone is 2. The third-order valence-electron chi connectivity index (χ3n) is 2.36. The fourth-order valence-corrected chi connectivity index (χ4v) is 1.19. The summed E-state index contributed by atoms with van der Waals surface area (Å²) in [5, 5.41) is 38.2. The van der Waals surface area contributed by atoms with Gasteiger partial charge in [-0.2, -0.15) is 0 Å². The summed E-state index contributed by atoms with van der Waals surface area (Å²) < 4.78 is 0. The summed E-state index contributed by atoms with van der Waals surface area (Å²) in [5.74, 6) is -5.46. The van der Waals surface area contributed by atoms with Crippen molar-refractivity contribution >= 4 is 23.5 Å². The normalized spacial score (nSPS) is 10.3. The Hall–Kier alpha value is -1.61. The molecule has 9 heteroatoms.